The van der Waals surface area contributed by atoms with E-state index in [1.165, 1.54) is 10.6 Å². The van der Waals surface area contributed by atoms with Crippen molar-refractivity contribution in [3.8, 4) is 11.4 Å². The maximum atomic E-state index is 11.8. The lowest BCUT2D eigenvalue weighted by atomic mass is 9.95. The number of aromatic amines is 1. The van der Waals surface area contributed by atoms with Crippen molar-refractivity contribution in [1.82, 2.24) is 24.5 Å². The molecule has 1 aliphatic heterocycles. The van der Waals surface area contributed by atoms with Crippen molar-refractivity contribution in [1.29, 1.82) is 0 Å². The van der Waals surface area contributed by atoms with Crippen LogP contribution in [0.25, 0.3) is 11.4 Å². The smallest absolute Gasteiger partial charge is 0.211 e. The first-order valence-corrected chi connectivity index (χ1v) is 9.51. The molecular formula is C15H21N5O2S. The average molecular weight is 335 g/mol. The lowest BCUT2D eigenvalue weighted by molar-refractivity contribution is 0.314. The summed E-state index contributed by atoms with van der Waals surface area (Å²) >= 11 is 0. The third kappa shape index (κ3) is 3.59. The van der Waals surface area contributed by atoms with Gasteiger partial charge in [0.1, 0.15) is 11.5 Å². The Labute approximate surface area is 136 Å². The van der Waals surface area contributed by atoms with Gasteiger partial charge in [0.05, 0.1) is 11.9 Å². The van der Waals surface area contributed by atoms with Crippen molar-refractivity contribution < 1.29 is 8.42 Å². The number of hydrogen-bond donors (Lipinski definition) is 1. The van der Waals surface area contributed by atoms with Crippen LogP contribution in [-0.4, -0.2) is 52.2 Å². The summed E-state index contributed by atoms with van der Waals surface area (Å²) < 4.78 is 25.1. The zero-order chi connectivity index (χ0) is 16.6. The van der Waals surface area contributed by atoms with Crippen LogP contribution in [0.4, 0.5) is 0 Å². The first-order chi connectivity index (χ1) is 10.8. The topological polar surface area (TPSA) is 91.8 Å². The van der Waals surface area contributed by atoms with E-state index in [-0.39, 0.29) is 5.92 Å². The molecule has 124 valence electrons. The molecule has 0 aliphatic carbocycles. The number of H-pyrrole nitrogens is 1. The Morgan fingerprint density at radius 3 is 2.65 bits per heavy atom. The molecule has 7 nitrogen and oxygen atoms in total. The van der Waals surface area contributed by atoms with Crippen molar-refractivity contribution in [3.63, 3.8) is 0 Å². The molecule has 0 amide bonds. The Bertz CT molecular complexity index is 815. The van der Waals surface area contributed by atoms with E-state index in [1.54, 1.807) is 0 Å². The van der Waals surface area contributed by atoms with Gasteiger partial charge in [0, 0.05) is 30.4 Å². The van der Waals surface area contributed by atoms with Crippen molar-refractivity contribution in [2.75, 3.05) is 19.3 Å². The third-order valence-electron chi connectivity index (χ3n) is 4.10. The predicted octanol–water partition coefficient (Wildman–Crippen LogP) is 1.62. The van der Waals surface area contributed by atoms with Crippen LogP contribution >= 0.6 is 0 Å². The number of aryl methyl sites for hydroxylation is 2. The minimum absolute atomic E-state index is 0.0963. The van der Waals surface area contributed by atoms with Gasteiger partial charge in [-0.3, -0.25) is 5.10 Å². The lowest BCUT2D eigenvalue weighted by Gasteiger charge is -2.30. The summed E-state index contributed by atoms with van der Waals surface area (Å²) in [5, 5.41) is 7.16. The fourth-order valence-corrected chi connectivity index (χ4v) is 3.88. The summed E-state index contributed by atoms with van der Waals surface area (Å²) in [6.07, 6.45) is 3.04. The highest BCUT2D eigenvalue weighted by atomic mass is 32.2. The van der Waals surface area contributed by atoms with Gasteiger partial charge < -0.3 is 0 Å². The molecule has 1 aliphatic rings. The third-order valence-corrected chi connectivity index (χ3v) is 5.37. The Hall–Kier alpha value is -1.80. The highest BCUT2D eigenvalue weighted by Gasteiger charge is 2.28. The second kappa shape index (κ2) is 6.01. The summed E-state index contributed by atoms with van der Waals surface area (Å²) in [6, 6.07) is 3.87. The molecule has 1 atom stereocenters. The highest BCUT2D eigenvalue weighted by molar-refractivity contribution is 7.88. The van der Waals surface area contributed by atoms with Crippen molar-refractivity contribution in [2.45, 2.75) is 32.6 Å². The molecule has 8 heteroatoms. The Morgan fingerprint density at radius 2 is 2.00 bits per heavy atom. The molecule has 3 heterocycles. The molecule has 1 fully saturated rings. The van der Waals surface area contributed by atoms with Crippen LogP contribution in [0.5, 0.6) is 0 Å². The number of hydrogen-bond acceptors (Lipinski definition) is 5. The standard InChI is InChI=1S/C15H21N5O2S/c1-10-7-15(19-18-10)14-8-13(16-11(2)17-14)12-5-4-6-20(9-12)23(3,21)22/h7-8,12H,4-6,9H2,1-3H3,(H,18,19). The number of nitrogens with one attached hydrogen (secondary N) is 1. The second-order valence-electron chi connectivity index (χ2n) is 6.12. The molecule has 0 spiro atoms. The molecule has 1 unspecified atom stereocenters. The van der Waals surface area contributed by atoms with E-state index >= 15 is 0 Å². The van der Waals surface area contributed by atoms with Crippen molar-refractivity contribution >= 4 is 10.0 Å². The largest absolute Gasteiger partial charge is 0.282 e. The fraction of sp³-hybridized carbons (Fsp3) is 0.533. The van der Waals surface area contributed by atoms with E-state index in [0.29, 0.717) is 18.9 Å². The molecular weight excluding hydrogens is 314 g/mol. The van der Waals surface area contributed by atoms with Gasteiger partial charge in [-0.2, -0.15) is 5.10 Å². The van der Waals surface area contributed by atoms with Crippen LogP contribution in [0.1, 0.15) is 36.0 Å². The second-order valence-corrected chi connectivity index (χ2v) is 8.10. The van der Waals surface area contributed by atoms with Gasteiger partial charge in [-0.05, 0) is 38.8 Å². The first-order valence-electron chi connectivity index (χ1n) is 7.66. The van der Waals surface area contributed by atoms with Crippen LogP contribution in [0.2, 0.25) is 0 Å². The Morgan fingerprint density at radius 1 is 1.22 bits per heavy atom. The fourth-order valence-electron chi connectivity index (χ4n) is 2.97. The van der Waals surface area contributed by atoms with Gasteiger partial charge >= 0.3 is 0 Å². The van der Waals surface area contributed by atoms with E-state index in [1.807, 2.05) is 26.0 Å². The molecule has 23 heavy (non-hydrogen) atoms. The molecule has 2 aromatic heterocycles. The Kier molecular flexibility index (Phi) is 4.20. The first kappa shape index (κ1) is 16.1. The highest BCUT2D eigenvalue weighted by Crippen LogP contribution is 2.29. The zero-order valence-corrected chi connectivity index (χ0v) is 14.4. The number of rotatable bonds is 3. The normalized spacial score (nSPS) is 19.9. The SMILES string of the molecule is Cc1nc(-c2cc(C)[nH]n2)cc(C2CCCN(S(C)(=O)=O)C2)n1. The van der Waals surface area contributed by atoms with Crippen LogP contribution in [-0.2, 0) is 10.0 Å². The molecule has 3 rings (SSSR count). The van der Waals surface area contributed by atoms with Gasteiger partial charge in [-0.15, -0.1) is 0 Å². The van der Waals surface area contributed by atoms with E-state index in [9.17, 15) is 8.42 Å². The lowest BCUT2D eigenvalue weighted by Crippen LogP contribution is -2.38. The van der Waals surface area contributed by atoms with Crippen LogP contribution in [0.15, 0.2) is 12.1 Å². The summed E-state index contributed by atoms with van der Waals surface area (Å²) in [6.45, 7) is 4.86. The van der Waals surface area contributed by atoms with Crippen LogP contribution < -0.4 is 0 Å². The molecule has 0 aromatic carbocycles. The molecule has 1 N–H and O–H groups in total. The molecule has 2 aromatic rings. The van der Waals surface area contributed by atoms with Gasteiger partial charge in [-0.25, -0.2) is 22.7 Å². The monoisotopic (exact) mass is 335 g/mol. The van der Waals surface area contributed by atoms with Gasteiger partial charge in [0.25, 0.3) is 0 Å². The summed E-state index contributed by atoms with van der Waals surface area (Å²) in [5.74, 6) is 0.772. The molecule has 0 radical (unpaired) electrons. The van der Waals surface area contributed by atoms with Gasteiger partial charge in [0.15, 0.2) is 0 Å². The maximum absolute atomic E-state index is 11.8. The van der Waals surface area contributed by atoms with Gasteiger partial charge in [-0.1, -0.05) is 0 Å². The molecule has 1 saturated heterocycles. The summed E-state index contributed by atoms with van der Waals surface area (Å²) in [7, 11) is -3.16. The van der Waals surface area contributed by atoms with Gasteiger partial charge in [0.2, 0.25) is 10.0 Å². The van der Waals surface area contributed by atoms with Crippen LogP contribution in [0, 0.1) is 13.8 Å². The number of nitrogens with zero attached hydrogens (tertiary/aromatic N) is 4. The number of aromatic nitrogens is 4. The summed E-state index contributed by atoms with van der Waals surface area (Å²) in [4.78, 5) is 8.99. The average Bonchev–Trinajstić information content (AvgIpc) is 2.92. The minimum atomic E-state index is -3.16. The van der Waals surface area contributed by atoms with Crippen LogP contribution in [0.3, 0.4) is 0 Å². The van der Waals surface area contributed by atoms with E-state index in [4.69, 9.17) is 0 Å². The molecule has 0 bridgehead atoms. The predicted molar refractivity (Wildman–Crippen MR) is 87.5 cm³/mol. The number of piperidine rings is 1. The van der Waals surface area contributed by atoms with E-state index in [0.717, 1.165) is 35.6 Å². The molecule has 0 saturated carbocycles. The van der Waals surface area contributed by atoms with Crippen molar-refractivity contribution in [2.24, 2.45) is 0 Å². The zero-order valence-electron chi connectivity index (χ0n) is 13.6. The minimum Gasteiger partial charge on any atom is -0.282 e. The summed E-state index contributed by atoms with van der Waals surface area (Å²) in [5.41, 5.74) is 3.42. The quantitative estimate of drug-likeness (QED) is 0.920. The Balaban J connectivity index is 1.92. The number of sulfonamides is 1. The maximum Gasteiger partial charge on any atom is 0.211 e. The van der Waals surface area contributed by atoms with Crippen molar-refractivity contribution in [3.05, 3.63) is 29.3 Å². The van der Waals surface area contributed by atoms with E-state index < -0.39 is 10.0 Å². The van der Waals surface area contributed by atoms with E-state index in [2.05, 4.69) is 20.2 Å².